The number of alkyl halides is 2. The first-order valence-electron chi connectivity index (χ1n) is 20.3. The molecule has 4 fully saturated rings. The molecule has 308 valence electrons. The molecule has 4 N–H and O–H groups in total. The van der Waals surface area contributed by atoms with Crippen molar-refractivity contribution < 1.29 is 23.1 Å². The third-order valence-corrected chi connectivity index (χ3v) is 13.4. The van der Waals surface area contributed by atoms with E-state index in [1.54, 1.807) is 31.4 Å². The van der Waals surface area contributed by atoms with E-state index >= 15 is 8.78 Å². The molecular formula is C42H45ClF2N10O4. The number of carbonyl (C=O) groups excluding carboxylic acids is 2. The molecule has 14 nitrogen and oxygen atoms in total. The standard InChI is InChI=1S/C42H45ClF2N10O4/c1-21-16-41(14-13-28(21)48-29-6-4-5-24-32(52-54(3)34(24)29)25-10-12-31(56)49-38(25)57)18-55(19-41)40-46-17-27(43)37(51-40)47-23-9-11-30-26(15-23)33-35(39(58)53(30)2)59-20-42(44,45)36(50-33)22-7-8-22/h4-6,9,11,15,17,21-22,25,28,36,48,50H,7-8,10,12-14,16,18-20H2,1-3H3,(H,46,47,51)(H,49,56,57)/t21-,25?,28-,36?/m0/s1. The van der Waals surface area contributed by atoms with Crippen LogP contribution in [-0.4, -0.2) is 73.8 Å². The Kier molecular flexibility index (Phi) is 8.82. The van der Waals surface area contributed by atoms with E-state index in [9.17, 15) is 14.4 Å². The second kappa shape index (κ2) is 13.8. The Balaban J connectivity index is 0.831. The molecule has 5 aromatic rings. The maximum atomic E-state index is 15.2. The highest BCUT2D eigenvalue weighted by molar-refractivity contribution is 6.33. The fourth-order valence-electron chi connectivity index (χ4n) is 9.99. The monoisotopic (exact) mass is 826 g/mol. The van der Waals surface area contributed by atoms with Gasteiger partial charge < -0.3 is 30.2 Å². The van der Waals surface area contributed by atoms with Gasteiger partial charge in [0.05, 0.1) is 46.3 Å². The molecule has 3 aromatic heterocycles. The lowest BCUT2D eigenvalue weighted by Gasteiger charge is -2.55. The van der Waals surface area contributed by atoms with Crippen LogP contribution in [0.3, 0.4) is 0 Å². The van der Waals surface area contributed by atoms with Gasteiger partial charge in [-0.1, -0.05) is 30.7 Å². The first-order chi connectivity index (χ1) is 28.3. The van der Waals surface area contributed by atoms with Crippen LogP contribution in [0, 0.1) is 17.3 Å². The smallest absolute Gasteiger partial charge is 0.301 e. The highest BCUT2D eigenvalue weighted by Crippen LogP contribution is 2.49. The topological polar surface area (TPSA) is 160 Å². The summed E-state index contributed by atoms with van der Waals surface area (Å²) in [7, 11) is 3.50. The third-order valence-electron chi connectivity index (χ3n) is 13.2. The number of aromatic nitrogens is 5. The molecule has 6 heterocycles. The number of hydrogen-bond acceptors (Lipinski definition) is 11. The molecule has 10 rings (SSSR count). The molecule has 59 heavy (non-hydrogen) atoms. The summed E-state index contributed by atoms with van der Waals surface area (Å²) in [5, 5.41) is 19.2. The fraction of sp³-hybridized carbons (Fsp3) is 0.476. The summed E-state index contributed by atoms with van der Waals surface area (Å²) in [4.78, 5) is 49.3. The number of benzene rings is 2. The highest BCUT2D eigenvalue weighted by atomic mass is 35.5. The predicted octanol–water partition coefficient (Wildman–Crippen LogP) is 6.46. The molecule has 0 bridgehead atoms. The Morgan fingerprint density at radius 1 is 1.03 bits per heavy atom. The lowest BCUT2D eigenvalue weighted by atomic mass is 9.64. The predicted molar refractivity (Wildman–Crippen MR) is 221 cm³/mol. The van der Waals surface area contributed by atoms with Crippen LogP contribution in [0.25, 0.3) is 21.8 Å². The number of anilines is 5. The number of imide groups is 1. The van der Waals surface area contributed by atoms with Crippen molar-refractivity contribution in [3.8, 4) is 5.75 Å². The van der Waals surface area contributed by atoms with Crippen LogP contribution in [0.1, 0.15) is 63.5 Å². The van der Waals surface area contributed by atoms with Crippen LogP contribution < -0.4 is 36.5 Å². The SMILES string of the molecule is C[C@H]1CC2(CC[C@@H]1Nc1cccc3c(C4CCC(=O)NC4=O)nn(C)c13)CN(c1ncc(Cl)c(Nc3ccc4c(c3)c3c(c(=O)n4C)OCC(F)(F)C(C4CC4)N3)n1)C2. The van der Waals surface area contributed by atoms with Crippen molar-refractivity contribution in [2.45, 2.75) is 75.8 Å². The van der Waals surface area contributed by atoms with Gasteiger partial charge in [-0.15, -0.1) is 0 Å². The van der Waals surface area contributed by atoms with Crippen LogP contribution in [0.2, 0.25) is 5.02 Å². The van der Waals surface area contributed by atoms with Crippen molar-refractivity contribution in [1.29, 1.82) is 0 Å². The van der Waals surface area contributed by atoms with Crippen LogP contribution in [0.15, 0.2) is 47.4 Å². The summed E-state index contributed by atoms with van der Waals surface area (Å²) in [5.41, 5.74) is 3.73. The van der Waals surface area contributed by atoms with Crippen molar-refractivity contribution >= 4 is 74.0 Å². The molecular weight excluding hydrogens is 782 g/mol. The van der Waals surface area contributed by atoms with E-state index in [1.165, 1.54) is 4.57 Å². The molecule has 4 atom stereocenters. The molecule has 1 spiro atoms. The molecule has 17 heteroatoms. The van der Waals surface area contributed by atoms with Crippen molar-refractivity contribution in [3.05, 3.63) is 63.7 Å². The first kappa shape index (κ1) is 37.7. The Bertz CT molecular complexity index is 2620. The quantitative estimate of drug-likeness (QED) is 0.134. The zero-order valence-electron chi connectivity index (χ0n) is 32.9. The number of nitrogens with zero attached hydrogens (tertiary/aromatic N) is 6. The molecule has 2 aliphatic carbocycles. The molecule has 2 aromatic carbocycles. The lowest BCUT2D eigenvalue weighted by molar-refractivity contribution is -0.134. The van der Waals surface area contributed by atoms with E-state index in [2.05, 4.69) is 44.1 Å². The average Bonchev–Trinajstić information content (AvgIpc) is 3.99. The number of nitrogens with one attached hydrogen (secondary N) is 4. The maximum Gasteiger partial charge on any atom is 0.301 e. The van der Waals surface area contributed by atoms with E-state index in [0.717, 1.165) is 48.9 Å². The molecule has 3 aliphatic heterocycles. The average molecular weight is 827 g/mol. The van der Waals surface area contributed by atoms with Gasteiger partial charge in [-0.2, -0.15) is 10.1 Å². The molecule has 2 saturated heterocycles. The highest BCUT2D eigenvalue weighted by Gasteiger charge is 2.51. The summed E-state index contributed by atoms with van der Waals surface area (Å²) in [5.74, 6) is -3.09. The normalized spacial score (nSPS) is 24.8. The number of rotatable bonds is 7. The Labute approximate surface area is 343 Å². The minimum Gasteiger partial charge on any atom is -0.480 e. The number of fused-ring (bicyclic) bond motifs is 4. The van der Waals surface area contributed by atoms with Gasteiger partial charge >= 0.3 is 5.92 Å². The van der Waals surface area contributed by atoms with Crippen molar-refractivity contribution in [3.63, 3.8) is 0 Å². The van der Waals surface area contributed by atoms with Gasteiger partial charge in [0.15, 0.2) is 12.4 Å². The number of piperidine rings is 1. The summed E-state index contributed by atoms with van der Waals surface area (Å²) in [6, 6.07) is 10.5. The van der Waals surface area contributed by atoms with Gasteiger partial charge in [0.1, 0.15) is 5.02 Å². The van der Waals surface area contributed by atoms with E-state index in [4.69, 9.17) is 26.4 Å². The van der Waals surface area contributed by atoms with Gasteiger partial charge in [0.25, 0.3) is 5.56 Å². The second-order valence-corrected chi connectivity index (χ2v) is 17.7. The van der Waals surface area contributed by atoms with Gasteiger partial charge in [-0.3, -0.25) is 24.4 Å². The Hall–Kier alpha value is -5.51. The minimum atomic E-state index is -3.13. The summed E-state index contributed by atoms with van der Waals surface area (Å²) in [6.07, 6.45) is 6.76. The molecule has 2 amide bonds. The second-order valence-electron chi connectivity index (χ2n) is 17.3. The number of ether oxygens (including phenoxy) is 1. The minimum absolute atomic E-state index is 0.112. The van der Waals surface area contributed by atoms with E-state index < -0.39 is 30.0 Å². The van der Waals surface area contributed by atoms with Gasteiger partial charge in [0.2, 0.25) is 23.5 Å². The van der Waals surface area contributed by atoms with Crippen molar-refractivity contribution in [1.82, 2.24) is 29.6 Å². The van der Waals surface area contributed by atoms with Crippen molar-refractivity contribution in [2.24, 2.45) is 31.3 Å². The van der Waals surface area contributed by atoms with Crippen LogP contribution in [0.5, 0.6) is 5.75 Å². The van der Waals surface area contributed by atoms with Crippen LogP contribution in [0.4, 0.5) is 37.6 Å². The number of pyridine rings is 1. The number of hydrogen-bond donors (Lipinski definition) is 4. The van der Waals surface area contributed by atoms with E-state index in [-0.39, 0.29) is 40.6 Å². The van der Waals surface area contributed by atoms with Gasteiger partial charge in [0, 0.05) is 61.5 Å². The lowest BCUT2D eigenvalue weighted by Crippen LogP contribution is -2.60. The van der Waals surface area contributed by atoms with Crippen molar-refractivity contribution in [2.75, 3.05) is 40.5 Å². The first-order valence-corrected chi connectivity index (χ1v) is 20.7. The van der Waals surface area contributed by atoms with E-state index in [1.807, 2.05) is 23.9 Å². The number of carbonyl (C=O) groups is 2. The summed E-state index contributed by atoms with van der Waals surface area (Å²) < 4.78 is 39.1. The van der Waals surface area contributed by atoms with Crippen LogP contribution >= 0.6 is 11.6 Å². The van der Waals surface area contributed by atoms with E-state index in [0.29, 0.717) is 70.7 Å². The zero-order chi connectivity index (χ0) is 41.0. The zero-order valence-corrected chi connectivity index (χ0v) is 33.7. The molecule has 5 aliphatic rings. The number of halogens is 3. The Morgan fingerprint density at radius 3 is 2.61 bits per heavy atom. The number of para-hydroxylation sites is 1. The Morgan fingerprint density at radius 2 is 1.85 bits per heavy atom. The van der Waals surface area contributed by atoms with Gasteiger partial charge in [-0.25, -0.2) is 13.8 Å². The number of amides is 2. The van der Waals surface area contributed by atoms with Crippen LogP contribution in [-0.2, 0) is 23.7 Å². The fourth-order valence-corrected chi connectivity index (χ4v) is 10.1. The largest absolute Gasteiger partial charge is 0.480 e. The molecule has 2 unspecified atom stereocenters. The summed E-state index contributed by atoms with van der Waals surface area (Å²) in [6.45, 7) is 3.05. The third kappa shape index (κ3) is 6.50. The maximum absolute atomic E-state index is 15.2. The number of aryl methyl sites for hydroxylation is 2. The summed E-state index contributed by atoms with van der Waals surface area (Å²) >= 11 is 6.64. The molecule has 2 saturated carbocycles. The van der Waals surface area contributed by atoms with Gasteiger partial charge in [-0.05, 0) is 74.6 Å². The molecule has 0 radical (unpaired) electrons.